The minimum Gasteiger partial charge on any atom is -0.449 e. The number of carbonyl (C=O) groups is 1. The lowest BCUT2D eigenvalue weighted by atomic mass is 10.3. The van der Waals surface area contributed by atoms with Crippen LogP contribution in [-0.2, 0) is 4.74 Å². The molecule has 1 aliphatic heterocycles. The zero-order valence-corrected chi connectivity index (χ0v) is 12.7. The maximum Gasteiger partial charge on any atom is 0.319 e. The molecule has 1 aromatic carbocycles. The van der Waals surface area contributed by atoms with Gasteiger partial charge in [0.1, 0.15) is 0 Å². The number of carbonyl (C=O) groups excluding carboxylic acids is 1. The van der Waals surface area contributed by atoms with E-state index in [2.05, 4.69) is 10.6 Å². The van der Waals surface area contributed by atoms with Gasteiger partial charge in [0.25, 0.3) is 0 Å². The Morgan fingerprint density at radius 3 is 2.81 bits per heavy atom. The van der Waals surface area contributed by atoms with E-state index in [1.54, 1.807) is 18.2 Å². The molecule has 2 amide bonds. The molecule has 1 aromatic rings. The lowest BCUT2D eigenvalue weighted by Gasteiger charge is -2.16. The topological polar surface area (TPSA) is 68.8 Å². The molecule has 0 spiro atoms. The summed E-state index contributed by atoms with van der Waals surface area (Å²) in [5.41, 5.74) is 0.664. The second kappa shape index (κ2) is 6.67. The largest absolute Gasteiger partial charge is 0.449 e. The highest BCUT2D eigenvalue weighted by atomic mass is 16.7. The first-order valence-corrected chi connectivity index (χ1v) is 7.15. The van der Waals surface area contributed by atoms with Crippen molar-refractivity contribution < 1.29 is 19.0 Å². The lowest BCUT2D eigenvalue weighted by Crippen LogP contribution is -2.30. The number of hydrogen-bond donors (Lipinski definition) is 2. The van der Waals surface area contributed by atoms with Crippen LogP contribution >= 0.6 is 0 Å². The molecular formula is C15H22N2O4. The van der Waals surface area contributed by atoms with E-state index in [1.165, 1.54) is 0 Å². The van der Waals surface area contributed by atoms with Crippen molar-refractivity contribution in [1.29, 1.82) is 0 Å². The van der Waals surface area contributed by atoms with E-state index in [4.69, 9.17) is 14.2 Å². The molecule has 6 heteroatoms. The summed E-state index contributed by atoms with van der Waals surface area (Å²) in [6.07, 6.45) is 0.788. The quantitative estimate of drug-likeness (QED) is 0.792. The van der Waals surface area contributed by atoms with Crippen molar-refractivity contribution >= 4 is 11.7 Å². The van der Waals surface area contributed by atoms with E-state index in [1.807, 2.05) is 20.8 Å². The average Bonchev–Trinajstić information content (AvgIpc) is 2.71. The number of fused-ring (bicyclic) bond motifs is 1. The molecule has 6 nitrogen and oxygen atoms in total. The van der Waals surface area contributed by atoms with Crippen LogP contribution in [0.5, 0.6) is 11.5 Å². The van der Waals surface area contributed by atoms with Gasteiger partial charge in [-0.3, -0.25) is 0 Å². The third-order valence-corrected chi connectivity index (χ3v) is 2.87. The fraction of sp³-hybridized carbons (Fsp3) is 0.533. The Hall–Kier alpha value is -1.95. The lowest BCUT2D eigenvalue weighted by molar-refractivity contribution is -0.0431. The minimum atomic E-state index is -0.664. The van der Waals surface area contributed by atoms with Crippen LogP contribution in [0.25, 0.3) is 0 Å². The smallest absolute Gasteiger partial charge is 0.319 e. The van der Waals surface area contributed by atoms with Gasteiger partial charge in [-0.05, 0) is 25.5 Å². The molecule has 0 unspecified atom stereocenters. The summed E-state index contributed by atoms with van der Waals surface area (Å²) in [4.78, 5) is 11.7. The maximum absolute atomic E-state index is 11.7. The molecule has 2 N–H and O–H groups in total. The Morgan fingerprint density at radius 1 is 1.29 bits per heavy atom. The van der Waals surface area contributed by atoms with Gasteiger partial charge in [-0.2, -0.15) is 0 Å². The zero-order chi connectivity index (χ0) is 15.3. The molecule has 21 heavy (non-hydrogen) atoms. The number of nitrogens with one attached hydrogen (secondary N) is 2. The highest BCUT2D eigenvalue weighted by Crippen LogP contribution is 2.40. The van der Waals surface area contributed by atoms with E-state index in [0.717, 1.165) is 6.42 Å². The van der Waals surface area contributed by atoms with E-state index >= 15 is 0 Å². The van der Waals surface area contributed by atoms with Gasteiger partial charge in [0.05, 0.1) is 0 Å². The van der Waals surface area contributed by atoms with Gasteiger partial charge in [0.15, 0.2) is 11.5 Å². The monoisotopic (exact) mass is 294 g/mol. The summed E-state index contributed by atoms with van der Waals surface area (Å²) in [5.74, 6) is 0.652. The fourth-order valence-corrected chi connectivity index (χ4v) is 2.00. The summed E-state index contributed by atoms with van der Waals surface area (Å²) in [7, 11) is 0. The number of hydrogen-bond acceptors (Lipinski definition) is 4. The number of anilines is 1. The predicted molar refractivity (Wildman–Crippen MR) is 79.9 cm³/mol. The molecule has 0 bridgehead atoms. The van der Waals surface area contributed by atoms with Gasteiger partial charge >= 0.3 is 6.03 Å². The average molecular weight is 294 g/mol. The second-order valence-corrected chi connectivity index (χ2v) is 5.20. The van der Waals surface area contributed by atoms with Crippen molar-refractivity contribution in [2.75, 3.05) is 25.1 Å². The molecule has 0 radical (unpaired) electrons. The molecule has 116 valence electrons. The molecule has 0 aliphatic carbocycles. The molecular weight excluding hydrogens is 272 g/mol. The van der Waals surface area contributed by atoms with Crippen LogP contribution in [-0.4, -0.2) is 31.6 Å². The summed E-state index contributed by atoms with van der Waals surface area (Å²) in [6.45, 7) is 7.54. The summed E-state index contributed by atoms with van der Waals surface area (Å²) < 4.78 is 16.4. The normalized spacial score (nSPS) is 14.8. The van der Waals surface area contributed by atoms with Gasteiger partial charge in [0, 0.05) is 45.4 Å². The van der Waals surface area contributed by atoms with Crippen molar-refractivity contribution in [2.24, 2.45) is 0 Å². The summed E-state index contributed by atoms with van der Waals surface area (Å²) >= 11 is 0. The van der Waals surface area contributed by atoms with Crippen LogP contribution in [0.4, 0.5) is 10.5 Å². The van der Waals surface area contributed by atoms with Gasteiger partial charge in [-0.15, -0.1) is 0 Å². The number of benzene rings is 1. The molecule has 0 saturated carbocycles. The van der Waals surface area contributed by atoms with E-state index in [-0.39, 0.29) is 6.03 Å². The second-order valence-electron chi connectivity index (χ2n) is 5.20. The zero-order valence-electron chi connectivity index (χ0n) is 12.7. The van der Waals surface area contributed by atoms with Crippen molar-refractivity contribution in [3.63, 3.8) is 0 Å². The van der Waals surface area contributed by atoms with Gasteiger partial charge < -0.3 is 24.8 Å². The van der Waals surface area contributed by atoms with Crippen molar-refractivity contribution in [3.8, 4) is 11.5 Å². The van der Waals surface area contributed by atoms with Crippen LogP contribution < -0.4 is 20.1 Å². The van der Waals surface area contributed by atoms with Crippen molar-refractivity contribution in [3.05, 3.63) is 18.2 Å². The van der Waals surface area contributed by atoms with Gasteiger partial charge in [-0.25, -0.2) is 4.79 Å². The number of rotatable bonds is 6. The van der Waals surface area contributed by atoms with E-state index < -0.39 is 5.79 Å². The molecule has 0 fully saturated rings. The first-order valence-electron chi connectivity index (χ1n) is 7.15. The summed E-state index contributed by atoms with van der Waals surface area (Å²) in [6, 6.07) is 5.08. The van der Waals surface area contributed by atoms with Crippen LogP contribution in [0.2, 0.25) is 0 Å². The Bertz CT molecular complexity index is 502. The third-order valence-electron chi connectivity index (χ3n) is 2.87. The van der Waals surface area contributed by atoms with Crippen molar-refractivity contribution in [2.45, 2.75) is 33.0 Å². The van der Waals surface area contributed by atoms with Crippen LogP contribution in [0.15, 0.2) is 18.2 Å². The maximum atomic E-state index is 11.7. The molecule has 2 rings (SSSR count). The summed E-state index contributed by atoms with van der Waals surface area (Å²) in [5, 5.41) is 5.54. The van der Waals surface area contributed by atoms with E-state index in [0.29, 0.717) is 36.9 Å². The third kappa shape index (κ3) is 4.53. The Kier molecular flexibility index (Phi) is 4.90. The van der Waals surface area contributed by atoms with Crippen LogP contribution in [0.1, 0.15) is 27.2 Å². The molecule has 1 heterocycles. The highest BCUT2D eigenvalue weighted by molar-refractivity contribution is 5.89. The molecule has 1 aliphatic rings. The Labute approximate surface area is 124 Å². The SMILES string of the molecule is CCOCCCNC(=O)Nc1ccc2c(c1)OC(C)(C)O2. The van der Waals surface area contributed by atoms with Gasteiger partial charge in [0.2, 0.25) is 5.79 Å². The Balaban J connectivity index is 1.80. The van der Waals surface area contributed by atoms with E-state index in [9.17, 15) is 4.79 Å². The number of urea groups is 1. The fourth-order valence-electron chi connectivity index (χ4n) is 2.00. The Morgan fingerprint density at radius 2 is 2.05 bits per heavy atom. The molecule has 0 aromatic heterocycles. The van der Waals surface area contributed by atoms with Crippen molar-refractivity contribution in [1.82, 2.24) is 5.32 Å². The number of ether oxygens (including phenoxy) is 3. The number of amides is 2. The first kappa shape index (κ1) is 15.4. The molecule has 0 atom stereocenters. The molecule has 0 saturated heterocycles. The van der Waals surface area contributed by atoms with Gasteiger partial charge in [-0.1, -0.05) is 0 Å². The first-order chi connectivity index (χ1) is 10.00. The standard InChI is InChI=1S/C15H22N2O4/c1-4-19-9-5-8-16-14(18)17-11-6-7-12-13(10-11)21-15(2,3)20-12/h6-7,10H,4-5,8-9H2,1-3H3,(H2,16,17,18). The van der Waals surface area contributed by atoms with Crippen LogP contribution in [0.3, 0.4) is 0 Å². The highest BCUT2D eigenvalue weighted by Gasteiger charge is 2.31. The van der Waals surface area contributed by atoms with Crippen LogP contribution in [0, 0.1) is 0 Å². The minimum absolute atomic E-state index is 0.246. The predicted octanol–water partition coefficient (Wildman–Crippen LogP) is 2.74.